The number of benzene rings is 1. The lowest BCUT2D eigenvalue weighted by Gasteiger charge is -2.37. The average molecular weight is 337 g/mol. The fourth-order valence-electron chi connectivity index (χ4n) is 3.86. The zero-order chi connectivity index (χ0) is 13.9. The number of nitrogens with one attached hydrogen (secondary N) is 2. The van der Waals surface area contributed by atoms with Gasteiger partial charge in [-0.15, -0.1) is 0 Å². The molecule has 3 unspecified atom stereocenters. The van der Waals surface area contributed by atoms with Gasteiger partial charge in [0.25, 0.3) is 0 Å². The molecule has 3 heteroatoms. The summed E-state index contributed by atoms with van der Waals surface area (Å²) in [5.74, 6) is 0.790. The molecule has 1 aromatic rings. The molecule has 1 saturated heterocycles. The predicted molar refractivity (Wildman–Crippen MR) is 89.3 cm³/mol. The topological polar surface area (TPSA) is 24.1 Å². The number of halogens is 1. The Hall–Kier alpha value is -0.540. The highest BCUT2D eigenvalue weighted by atomic mass is 79.9. The maximum atomic E-state index is 3.83. The summed E-state index contributed by atoms with van der Waals surface area (Å²) in [4.78, 5) is 0. The maximum Gasteiger partial charge on any atom is 0.0489 e. The number of rotatable bonds is 3. The van der Waals surface area contributed by atoms with Crippen molar-refractivity contribution in [1.29, 1.82) is 0 Å². The summed E-state index contributed by atoms with van der Waals surface area (Å²) in [6, 6.07) is 7.86. The van der Waals surface area contributed by atoms with Gasteiger partial charge in [-0.05, 0) is 72.6 Å². The first-order valence-electron chi connectivity index (χ1n) is 8.01. The molecule has 0 bridgehead atoms. The molecule has 2 nitrogen and oxygen atoms in total. The zero-order valence-electron chi connectivity index (χ0n) is 12.3. The van der Waals surface area contributed by atoms with Crippen molar-refractivity contribution in [3.63, 3.8) is 0 Å². The van der Waals surface area contributed by atoms with Gasteiger partial charge < -0.3 is 10.6 Å². The first kappa shape index (κ1) is 14.4. The van der Waals surface area contributed by atoms with E-state index in [0.29, 0.717) is 6.04 Å². The summed E-state index contributed by atoms with van der Waals surface area (Å²) in [5, 5.41) is 7.55. The standard InChI is InChI=1S/C17H25BrN2/c1-12-6-4-9-16(17(12)18)20-15-8-3-2-7-13(15)14-10-5-11-19-14/h4,6,9,13-15,19-20H,2-3,5,7-8,10-11H2,1H3. The Morgan fingerprint density at radius 2 is 2.00 bits per heavy atom. The largest absolute Gasteiger partial charge is 0.381 e. The van der Waals surface area contributed by atoms with E-state index in [4.69, 9.17) is 0 Å². The van der Waals surface area contributed by atoms with E-state index in [0.717, 1.165) is 12.0 Å². The average Bonchev–Trinajstić information content (AvgIpc) is 2.98. The van der Waals surface area contributed by atoms with Crippen molar-refractivity contribution in [3.8, 4) is 0 Å². The summed E-state index contributed by atoms with van der Waals surface area (Å²) in [6.45, 7) is 3.37. The van der Waals surface area contributed by atoms with Crippen LogP contribution < -0.4 is 10.6 Å². The van der Waals surface area contributed by atoms with Gasteiger partial charge in [-0.3, -0.25) is 0 Å². The fraction of sp³-hybridized carbons (Fsp3) is 0.647. The summed E-state index contributed by atoms with van der Waals surface area (Å²) in [5.41, 5.74) is 2.57. The van der Waals surface area contributed by atoms with E-state index in [2.05, 4.69) is 51.7 Å². The molecule has 20 heavy (non-hydrogen) atoms. The maximum absolute atomic E-state index is 3.83. The Bertz CT molecular complexity index is 454. The van der Waals surface area contributed by atoms with Gasteiger partial charge in [-0.1, -0.05) is 25.0 Å². The molecule has 0 radical (unpaired) electrons. The molecule has 1 heterocycles. The lowest BCUT2D eigenvalue weighted by atomic mass is 9.79. The Kier molecular flexibility index (Phi) is 4.67. The minimum absolute atomic E-state index is 0.623. The lowest BCUT2D eigenvalue weighted by molar-refractivity contribution is 0.262. The van der Waals surface area contributed by atoms with Crippen LogP contribution in [0.3, 0.4) is 0 Å². The van der Waals surface area contributed by atoms with Crippen molar-refractivity contribution in [1.82, 2.24) is 5.32 Å². The van der Waals surface area contributed by atoms with Gasteiger partial charge in [0.2, 0.25) is 0 Å². The molecule has 0 spiro atoms. The van der Waals surface area contributed by atoms with Crippen LogP contribution in [-0.2, 0) is 0 Å². The van der Waals surface area contributed by atoms with E-state index in [-0.39, 0.29) is 0 Å². The molecule has 3 atom stereocenters. The third-order valence-electron chi connectivity index (χ3n) is 4.97. The molecular formula is C17H25BrN2. The highest BCUT2D eigenvalue weighted by molar-refractivity contribution is 9.10. The predicted octanol–water partition coefficient (Wildman–Crippen LogP) is 4.48. The summed E-state index contributed by atoms with van der Waals surface area (Å²) in [6.07, 6.45) is 8.15. The molecule has 1 saturated carbocycles. The molecule has 0 aromatic heterocycles. The second-order valence-electron chi connectivity index (χ2n) is 6.34. The zero-order valence-corrected chi connectivity index (χ0v) is 13.9. The molecule has 110 valence electrons. The molecule has 2 fully saturated rings. The van der Waals surface area contributed by atoms with Crippen LogP contribution in [0.2, 0.25) is 0 Å². The van der Waals surface area contributed by atoms with Crippen LogP contribution >= 0.6 is 15.9 Å². The van der Waals surface area contributed by atoms with Gasteiger partial charge >= 0.3 is 0 Å². The van der Waals surface area contributed by atoms with Crippen LogP contribution in [0, 0.1) is 12.8 Å². The van der Waals surface area contributed by atoms with Crippen LogP contribution in [0.1, 0.15) is 44.1 Å². The van der Waals surface area contributed by atoms with Crippen LogP contribution in [0.15, 0.2) is 22.7 Å². The van der Waals surface area contributed by atoms with Crippen molar-refractivity contribution < 1.29 is 0 Å². The van der Waals surface area contributed by atoms with Crippen molar-refractivity contribution in [3.05, 3.63) is 28.2 Å². The third-order valence-corrected chi connectivity index (χ3v) is 6.02. The van der Waals surface area contributed by atoms with Crippen molar-refractivity contribution in [2.45, 2.75) is 57.5 Å². The van der Waals surface area contributed by atoms with Gasteiger partial charge in [0, 0.05) is 22.2 Å². The normalized spacial score (nSPS) is 30.4. The van der Waals surface area contributed by atoms with Gasteiger partial charge in [0.15, 0.2) is 0 Å². The molecule has 1 aromatic carbocycles. The molecule has 3 rings (SSSR count). The summed E-state index contributed by atoms with van der Waals surface area (Å²) >= 11 is 3.73. The van der Waals surface area contributed by atoms with Crippen molar-refractivity contribution in [2.24, 2.45) is 5.92 Å². The van der Waals surface area contributed by atoms with Gasteiger partial charge in [-0.25, -0.2) is 0 Å². The molecule has 2 aliphatic rings. The SMILES string of the molecule is Cc1cccc(NC2CCCCC2C2CCCN2)c1Br. The van der Waals surface area contributed by atoms with Crippen LogP contribution in [0.4, 0.5) is 5.69 Å². The minimum Gasteiger partial charge on any atom is -0.381 e. The van der Waals surface area contributed by atoms with Gasteiger partial charge in [0.1, 0.15) is 0 Å². The van der Waals surface area contributed by atoms with E-state index in [1.54, 1.807) is 0 Å². The second kappa shape index (κ2) is 6.48. The van der Waals surface area contributed by atoms with Crippen LogP contribution in [0.25, 0.3) is 0 Å². The number of hydrogen-bond donors (Lipinski definition) is 2. The number of hydrogen-bond acceptors (Lipinski definition) is 2. The Labute approximate surface area is 130 Å². The first-order valence-corrected chi connectivity index (χ1v) is 8.80. The quantitative estimate of drug-likeness (QED) is 0.850. The van der Waals surface area contributed by atoms with Crippen molar-refractivity contribution in [2.75, 3.05) is 11.9 Å². The van der Waals surface area contributed by atoms with E-state index >= 15 is 0 Å². The monoisotopic (exact) mass is 336 g/mol. The molecular weight excluding hydrogens is 312 g/mol. The van der Waals surface area contributed by atoms with E-state index in [1.165, 1.54) is 60.8 Å². The molecule has 1 aliphatic heterocycles. The summed E-state index contributed by atoms with van der Waals surface area (Å²) in [7, 11) is 0. The third kappa shape index (κ3) is 3.04. The Morgan fingerprint density at radius 3 is 2.80 bits per heavy atom. The Morgan fingerprint density at radius 1 is 1.15 bits per heavy atom. The molecule has 1 aliphatic carbocycles. The minimum atomic E-state index is 0.623. The van der Waals surface area contributed by atoms with Crippen LogP contribution in [0.5, 0.6) is 0 Å². The smallest absolute Gasteiger partial charge is 0.0489 e. The van der Waals surface area contributed by atoms with Crippen LogP contribution in [-0.4, -0.2) is 18.6 Å². The van der Waals surface area contributed by atoms with E-state index < -0.39 is 0 Å². The molecule has 2 N–H and O–H groups in total. The fourth-order valence-corrected chi connectivity index (χ4v) is 4.23. The van der Waals surface area contributed by atoms with Crippen molar-refractivity contribution >= 4 is 21.6 Å². The van der Waals surface area contributed by atoms with Gasteiger partial charge in [-0.2, -0.15) is 0 Å². The lowest BCUT2D eigenvalue weighted by Crippen LogP contribution is -2.43. The first-order chi connectivity index (χ1) is 9.75. The molecule has 0 amide bonds. The number of anilines is 1. The van der Waals surface area contributed by atoms with Gasteiger partial charge in [0.05, 0.1) is 0 Å². The Balaban J connectivity index is 1.74. The van der Waals surface area contributed by atoms with E-state index in [1.807, 2.05) is 0 Å². The highest BCUT2D eigenvalue weighted by Crippen LogP contribution is 2.34. The second-order valence-corrected chi connectivity index (χ2v) is 7.13. The van der Waals surface area contributed by atoms with E-state index in [9.17, 15) is 0 Å². The highest BCUT2D eigenvalue weighted by Gasteiger charge is 2.33. The number of aryl methyl sites for hydroxylation is 1. The summed E-state index contributed by atoms with van der Waals surface area (Å²) < 4.78 is 1.23.